The molecule has 5 saturated heterocycles. The van der Waals surface area contributed by atoms with Crippen LogP contribution in [0.3, 0.4) is 0 Å². The third kappa shape index (κ3) is 7.25. The maximum absolute atomic E-state index is 13.8. The molecular formula is C46H50N10O6. The number of hydrogen-bond donors (Lipinski definition) is 3. The van der Waals surface area contributed by atoms with Gasteiger partial charge in [0, 0.05) is 87.2 Å². The van der Waals surface area contributed by atoms with Crippen molar-refractivity contribution in [3.05, 3.63) is 89.5 Å². The summed E-state index contributed by atoms with van der Waals surface area (Å²) in [6.45, 7) is 6.52. The SMILES string of the molecule is Nc1nnc(-c2ccccc2O)cc1N1CC2CCC(C1)N2c1cccc(CN2CCC(C(=O)N3CCN(c4ccc5c(c4)C(=O)N(C4CCC(=O)NC4=O)C5=O)CC3)CC2)c1. The van der Waals surface area contributed by atoms with Gasteiger partial charge in [0.1, 0.15) is 11.8 Å². The number of aromatic hydroxyl groups is 1. The Balaban J connectivity index is 0.713. The first kappa shape index (κ1) is 39.6. The van der Waals surface area contributed by atoms with Gasteiger partial charge in [-0.25, -0.2) is 0 Å². The van der Waals surface area contributed by atoms with Gasteiger partial charge < -0.3 is 30.4 Å². The molecule has 4 N–H and O–H groups in total. The van der Waals surface area contributed by atoms with Gasteiger partial charge in [0.05, 0.1) is 22.5 Å². The number of phenolic OH excluding ortho intramolecular Hbond substituents is 1. The maximum atomic E-state index is 13.8. The molecule has 5 fully saturated rings. The van der Waals surface area contributed by atoms with Gasteiger partial charge >= 0.3 is 0 Å². The maximum Gasteiger partial charge on any atom is 0.262 e. The Morgan fingerprint density at radius 2 is 1.47 bits per heavy atom. The Morgan fingerprint density at radius 3 is 2.21 bits per heavy atom. The molecule has 0 aliphatic carbocycles. The van der Waals surface area contributed by atoms with Crippen LogP contribution in [0.15, 0.2) is 72.8 Å². The zero-order valence-corrected chi connectivity index (χ0v) is 34.5. The number of amides is 5. The Hall–Kier alpha value is -6.55. The van der Waals surface area contributed by atoms with E-state index in [9.17, 15) is 29.1 Å². The number of fused-ring (bicyclic) bond motifs is 3. The van der Waals surface area contributed by atoms with Crippen LogP contribution < -0.4 is 25.8 Å². The number of nitrogen functional groups attached to an aromatic ring is 1. The lowest BCUT2D eigenvalue weighted by Crippen LogP contribution is -2.54. The molecule has 5 amide bonds. The number of nitrogens with one attached hydrogen (secondary N) is 1. The van der Waals surface area contributed by atoms with Crippen LogP contribution in [0.2, 0.25) is 0 Å². The summed E-state index contributed by atoms with van der Waals surface area (Å²) >= 11 is 0. The predicted octanol–water partition coefficient (Wildman–Crippen LogP) is 3.25. The van der Waals surface area contributed by atoms with Crippen LogP contribution in [0.4, 0.5) is 22.9 Å². The number of piperazine rings is 2. The summed E-state index contributed by atoms with van der Waals surface area (Å²) in [5.74, 6) is -1.34. The second-order valence-electron chi connectivity index (χ2n) is 17.4. The van der Waals surface area contributed by atoms with Gasteiger partial charge in [-0.15, -0.1) is 10.2 Å². The number of nitrogens with two attached hydrogens (primary N) is 1. The molecule has 16 nitrogen and oxygen atoms in total. The normalized spacial score (nSPS) is 23.3. The molecule has 4 aromatic rings. The fourth-order valence-electron chi connectivity index (χ4n) is 10.5. The number of phenols is 1. The van der Waals surface area contributed by atoms with Gasteiger partial charge in [-0.1, -0.05) is 24.3 Å². The molecular weight excluding hydrogens is 789 g/mol. The minimum absolute atomic E-state index is 0.0166. The van der Waals surface area contributed by atoms with E-state index >= 15 is 0 Å². The van der Waals surface area contributed by atoms with Gasteiger partial charge in [0.2, 0.25) is 17.7 Å². The molecule has 16 heteroatoms. The van der Waals surface area contributed by atoms with Crippen molar-refractivity contribution in [3.63, 3.8) is 0 Å². The number of nitrogens with zero attached hydrogens (tertiary/aromatic N) is 8. The number of hydrogen-bond acceptors (Lipinski definition) is 13. The number of para-hydroxylation sites is 1. The van der Waals surface area contributed by atoms with Crippen molar-refractivity contribution in [2.45, 2.75) is 63.2 Å². The second kappa shape index (κ2) is 16.0. The molecule has 62 heavy (non-hydrogen) atoms. The Bertz CT molecular complexity index is 2450. The highest BCUT2D eigenvalue weighted by molar-refractivity contribution is 6.23. The number of aromatic nitrogens is 2. The van der Waals surface area contributed by atoms with Crippen molar-refractivity contribution in [1.82, 2.24) is 30.2 Å². The van der Waals surface area contributed by atoms with Crippen LogP contribution >= 0.6 is 0 Å². The van der Waals surface area contributed by atoms with E-state index in [4.69, 9.17) is 5.73 Å². The molecule has 7 heterocycles. The van der Waals surface area contributed by atoms with Crippen LogP contribution in [0.25, 0.3) is 11.3 Å². The first-order valence-corrected chi connectivity index (χ1v) is 21.7. The number of piperidine rings is 2. The van der Waals surface area contributed by atoms with Crippen molar-refractivity contribution in [3.8, 4) is 17.0 Å². The Morgan fingerprint density at radius 1 is 0.726 bits per heavy atom. The van der Waals surface area contributed by atoms with E-state index in [2.05, 4.69) is 59.4 Å². The quantitative estimate of drug-likeness (QED) is 0.220. The van der Waals surface area contributed by atoms with Crippen molar-refractivity contribution in [2.75, 3.05) is 72.8 Å². The summed E-state index contributed by atoms with van der Waals surface area (Å²) in [6, 6.07) is 22.8. The number of carbonyl (C=O) groups excluding carboxylic acids is 5. The lowest BCUT2D eigenvalue weighted by Gasteiger charge is -2.43. The van der Waals surface area contributed by atoms with Crippen molar-refractivity contribution in [2.24, 2.45) is 5.92 Å². The molecule has 1 aromatic heterocycles. The number of anilines is 4. The summed E-state index contributed by atoms with van der Waals surface area (Å²) in [5, 5.41) is 21.2. The highest BCUT2D eigenvalue weighted by atomic mass is 16.3. The average Bonchev–Trinajstić information content (AvgIpc) is 3.70. The second-order valence-corrected chi connectivity index (χ2v) is 17.4. The van der Waals surface area contributed by atoms with E-state index in [0.29, 0.717) is 55.3 Å². The molecule has 6 aliphatic heterocycles. The van der Waals surface area contributed by atoms with E-state index in [1.807, 2.05) is 29.2 Å². The van der Waals surface area contributed by atoms with Crippen molar-refractivity contribution < 1.29 is 29.1 Å². The van der Waals surface area contributed by atoms with Crippen LogP contribution in [-0.4, -0.2) is 130 Å². The zero-order valence-electron chi connectivity index (χ0n) is 34.5. The first-order chi connectivity index (χ1) is 30.1. The van der Waals surface area contributed by atoms with Gasteiger partial charge in [-0.2, -0.15) is 0 Å². The molecule has 0 spiro atoms. The van der Waals surface area contributed by atoms with E-state index in [0.717, 1.165) is 74.7 Å². The van der Waals surface area contributed by atoms with Crippen molar-refractivity contribution >= 4 is 52.4 Å². The monoisotopic (exact) mass is 838 g/mol. The topological polar surface area (TPSA) is 189 Å². The predicted molar refractivity (Wildman–Crippen MR) is 231 cm³/mol. The zero-order chi connectivity index (χ0) is 42.6. The summed E-state index contributed by atoms with van der Waals surface area (Å²) in [5.41, 5.74) is 12.3. The number of benzene rings is 3. The number of rotatable bonds is 8. The van der Waals surface area contributed by atoms with E-state index in [1.54, 1.807) is 24.3 Å². The van der Waals surface area contributed by atoms with Gasteiger partial charge in [0.15, 0.2) is 5.82 Å². The summed E-state index contributed by atoms with van der Waals surface area (Å²) in [6.07, 6.45) is 4.00. The highest BCUT2D eigenvalue weighted by Crippen LogP contribution is 2.40. The minimum Gasteiger partial charge on any atom is -0.507 e. The average molecular weight is 839 g/mol. The van der Waals surface area contributed by atoms with Gasteiger partial charge in [-0.3, -0.25) is 39.1 Å². The largest absolute Gasteiger partial charge is 0.507 e. The molecule has 0 saturated carbocycles. The summed E-state index contributed by atoms with van der Waals surface area (Å²) in [4.78, 5) is 76.9. The van der Waals surface area contributed by atoms with Crippen LogP contribution in [0.5, 0.6) is 5.75 Å². The number of likely N-dealkylation sites (tertiary alicyclic amines) is 1. The Kier molecular flexibility index (Phi) is 10.2. The molecule has 2 bridgehead atoms. The fourth-order valence-corrected chi connectivity index (χ4v) is 10.5. The minimum atomic E-state index is -1.00. The Labute approximate surface area is 359 Å². The van der Waals surface area contributed by atoms with Gasteiger partial charge in [-0.05, 0) is 99.3 Å². The third-order valence-electron chi connectivity index (χ3n) is 13.7. The molecule has 10 rings (SSSR count). The molecule has 6 aliphatic rings. The van der Waals surface area contributed by atoms with E-state index < -0.39 is 29.7 Å². The lowest BCUT2D eigenvalue weighted by atomic mass is 9.94. The van der Waals surface area contributed by atoms with E-state index in [1.165, 1.54) is 11.3 Å². The van der Waals surface area contributed by atoms with Gasteiger partial charge in [0.25, 0.3) is 11.8 Å². The molecule has 0 radical (unpaired) electrons. The standard InChI is InChI=1S/C46H50N10O6/c47-42-39(24-37(49-50-42)35-6-1-2-7-40(35)57)54-26-32-8-9-33(27-54)55(32)31-5-3-4-28(22-31)25-51-16-14-29(15-17-51)44(60)53-20-18-52(19-21-53)30-10-11-34-36(23-30)46(62)56(45(34)61)38-12-13-41(58)48-43(38)59/h1-7,10-11,22-24,29,32-33,38,57H,8-9,12-21,25-27H2,(H2,47,50)(H,48,58,59). The molecule has 3 atom stereocenters. The number of imide groups is 2. The lowest BCUT2D eigenvalue weighted by molar-refractivity contribution is -0.138. The molecule has 3 aromatic carbocycles. The summed E-state index contributed by atoms with van der Waals surface area (Å²) in [7, 11) is 0. The van der Waals surface area contributed by atoms with Crippen LogP contribution in [0, 0.1) is 5.92 Å². The fraction of sp³-hybridized carbons (Fsp3) is 0.413. The van der Waals surface area contributed by atoms with Crippen molar-refractivity contribution in [1.29, 1.82) is 0 Å². The highest BCUT2D eigenvalue weighted by Gasteiger charge is 2.45. The number of carbonyl (C=O) groups is 5. The summed E-state index contributed by atoms with van der Waals surface area (Å²) < 4.78 is 0. The van der Waals surface area contributed by atoms with Crippen LogP contribution in [0.1, 0.15) is 64.8 Å². The molecule has 3 unspecified atom stereocenters. The van der Waals surface area contributed by atoms with E-state index in [-0.39, 0.29) is 41.5 Å². The molecule has 320 valence electrons. The third-order valence-corrected chi connectivity index (χ3v) is 13.7. The smallest absolute Gasteiger partial charge is 0.262 e. The van der Waals surface area contributed by atoms with Crippen LogP contribution in [-0.2, 0) is 20.9 Å². The first-order valence-electron chi connectivity index (χ1n) is 21.7.